The maximum absolute atomic E-state index is 5.91. The summed E-state index contributed by atoms with van der Waals surface area (Å²) in [5, 5.41) is 9.69. The third kappa shape index (κ3) is 3.19. The lowest BCUT2D eigenvalue weighted by Crippen LogP contribution is -1.88. The second-order valence-corrected chi connectivity index (χ2v) is 7.13. The van der Waals surface area contributed by atoms with Gasteiger partial charge in [-0.25, -0.2) is 4.98 Å². The maximum Gasteiger partial charge on any atom is 0.233 e. The summed E-state index contributed by atoms with van der Waals surface area (Å²) in [7, 11) is 0. The third-order valence-electron chi connectivity index (χ3n) is 3.20. The SMILES string of the molecule is Clc1ccc(-c2csc(Cc3nc(-c4cccs4)no3)n2)cc1. The van der Waals surface area contributed by atoms with Crippen molar-refractivity contribution in [3.05, 3.63) is 63.1 Å². The van der Waals surface area contributed by atoms with Gasteiger partial charge in [0.2, 0.25) is 11.7 Å². The zero-order valence-corrected chi connectivity index (χ0v) is 14.2. The number of halogens is 1. The van der Waals surface area contributed by atoms with E-state index in [4.69, 9.17) is 16.1 Å². The minimum atomic E-state index is 0.538. The van der Waals surface area contributed by atoms with E-state index in [0.29, 0.717) is 18.1 Å². The van der Waals surface area contributed by atoms with Crippen molar-refractivity contribution in [3.63, 3.8) is 0 Å². The predicted octanol–water partition coefficient (Wildman–Crippen LogP) is 5.17. The van der Waals surface area contributed by atoms with Crippen LogP contribution in [0.15, 0.2) is 51.7 Å². The first-order chi connectivity index (χ1) is 11.3. The van der Waals surface area contributed by atoms with E-state index >= 15 is 0 Å². The molecule has 114 valence electrons. The van der Waals surface area contributed by atoms with Gasteiger partial charge >= 0.3 is 0 Å². The van der Waals surface area contributed by atoms with Gasteiger partial charge in [-0.3, -0.25) is 0 Å². The molecule has 0 unspecified atom stereocenters. The Labute approximate surface area is 145 Å². The van der Waals surface area contributed by atoms with Crippen LogP contribution in [0.3, 0.4) is 0 Å². The first-order valence-corrected chi connectivity index (χ1v) is 8.98. The Hall–Kier alpha value is -2.02. The van der Waals surface area contributed by atoms with E-state index < -0.39 is 0 Å². The Morgan fingerprint density at radius 3 is 2.70 bits per heavy atom. The van der Waals surface area contributed by atoms with Crippen LogP contribution in [-0.4, -0.2) is 15.1 Å². The highest BCUT2D eigenvalue weighted by molar-refractivity contribution is 7.13. The number of benzene rings is 1. The van der Waals surface area contributed by atoms with Crippen molar-refractivity contribution in [2.75, 3.05) is 0 Å². The summed E-state index contributed by atoms with van der Waals surface area (Å²) in [5.74, 6) is 1.20. The molecule has 0 amide bonds. The van der Waals surface area contributed by atoms with Crippen LogP contribution in [0.25, 0.3) is 22.0 Å². The fourth-order valence-corrected chi connectivity index (χ4v) is 3.68. The molecule has 0 aliphatic rings. The minimum absolute atomic E-state index is 0.538. The number of rotatable bonds is 4. The minimum Gasteiger partial charge on any atom is -0.338 e. The molecular formula is C16H10ClN3OS2. The number of hydrogen-bond acceptors (Lipinski definition) is 6. The number of aromatic nitrogens is 3. The van der Waals surface area contributed by atoms with E-state index in [-0.39, 0.29) is 0 Å². The standard InChI is InChI=1S/C16H10ClN3OS2/c17-11-5-3-10(4-6-11)12-9-23-15(18-12)8-14-19-16(20-21-14)13-2-1-7-22-13/h1-7,9H,8H2. The molecule has 0 radical (unpaired) electrons. The zero-order valence-electron chi connectivity index (χ0n) is 11.8. The Balaban J connectivity index is 1.53. The number of thiazole rings is 1. The van der Waals surface area contributed by atoms with Crippen LogP contribution in [0.1, 0.15) is 10.9 Å². The molecule has 4 nitrogen and oxygen atoms in total. The Morgan fingerprint density at radius 1 is 1.04 bits per heavy atom. The molecule has 3 aromatic heterocycles. The summed E-state index contributed by atoms with van der Waals surface area (Å²) in [6.45, 7) is 0. The second kappa shape index (κ2) is 6.23. The fourth-order valence-electron chi connectivity index (χ4n) is 2.11. The summed E-state index contributed by atoms with van der Waals surface area (Å²) < 4.78 is 5.32. The smallest absolute Gasteiger partial charge is 0.233 e. The monoisotopic (exact) mass is 359 g/mol. The molecule has 0 spiro atoms. The van der Waals surface area contributed by atoms with E-state index in [1.165, 1.54) is 0 Å². The van der Waals surface area contributed by atoms with E-state index in [1.54, 1.807) is 22.7 Å². The number of thiophene rings is 1. The van der Waals surface area contributed by atoms with Gasteiger partial charge in [-0.15, -0.1) is 22.7 Å². The first kappa shape index (κ1) is 14.6. The summed E-state index contributed by atoms with van der Waals surface area (Å²) in [6, 6.07) is 11.6. The van der Waals surface area contributed by atoms with Crippen LogP contribution in [-0.2, 0) is 6.42 Å². The van der Waals surface area contributed by atoms with E-state index in [9.17, 15) is 0 Å². The number of nitrogens with zero attached hydrogens (tertiary/aromatic N) is 3. The van der Waals surface area contributed by atoms with Crippen molar-refractivity contribution < 1.29 is 4.52 Å². The normalized spacial score (nSPS) is 11.0. The summed E-state index contributed by atoms with van der Waals surface area (Å²) in [5.41, 5.74) is 1.97. The van der Waals surface area contributed by atoms with E-state index in [0.717, 1.165) is 26.2 Å². The Bertz CT molecular complexity index is 913. The molecule has 0 saturated heterocycles. The zero-order chi connectivity index (χ0) is 15.6. The highest BCUT2D eigenvalue weighted by Gasteiger charge is 2.12. The van der Waals surface area contributed by atoms with Gasteiger partial charge in [0.1, 0.15) is 5.01 Å². The Kier molecular flexibility index (Phi) is 3.95. The van der Waals surface area contributed by atoms with E-state index in [2.05, 4.69) is 15.1 Å². The van der Waals surface area contributed by atoms with Gasteiger partial charge in [0.25, 0.3) is 0 Å². The summed E-state index contributed by atoms with van der Waals surface area (Å²) in [4.78, 5) is 10.1. The first-order valence-electron chi connectivity index (χ1n) is 6.85. The van der Waals surface area contributed by atoms with Gasteiger partial charge in [-0.05, 0) is 23.6 Å². The van der Waals surface area contributed by atoms with Crippen LogP contribution < -0.4 is 0 Å². The van der Waals surface area contributed by atoms with Gasteiger partial charge in [0.05, 0.1) is 17.0 Å². The van der Waals surface area contributed by atoms with Gasteiger partial charge in [0, 0.05) is 16.0 Å². The van der Waals surface area contributed by atoms with Crippen molar-refractivity contribution >= 4 is 34.3 Å². The van der Waals surface area contributed by atoms with Crippen molar-refractivity contribution in [1.82, 2.24) is 15.1 Å². The van der Waals surface area contributed by atoms with Crippen molar-refractivity contribution in [3.8, 4) is 22.0 Å². The molecule has 0 bridgehead atoms. The summed E-state index contributed by atoms with van der Waals surface area (Å²) >= 11 is 9.08. The summed E-state index contributed by atoms with van der Waals surface area (Å²) in [6.07, 6.45) is 0.538. The molecule has 7 heteroatoms. The maximum atomic E-state index is 5.91. The molecule has 0 aliphatic carbocycles. The van der Waals surface area contributed by atoms with Crippen molar-refractivity contribution in [2.45, 2.75) is 6.42 Å². The lowest BCUT2D eigenvalue weighted by molar-refractivity contribution is 0.385. The molecular weight excluding hydrogens is 350 g/mol. The van der Waals surface area contributed by atoms with Gasteiger partial charge in [-0.1, -0.05) is 35.0 Å². The van der Waals surface area contributed by atoms with Crippen LogP contribution >= 0.6 is 34.3 Å². The highest BCUT2D eigenvalue weighted by Crippen LogP contribution is 2.26. The van der Waals surface area contributed by atoms with Crippen LogP contribution in [0.4, 0.5) is 0 Å². The third-order valence-corrected chi connectivity index (χ3v) is 5.17. The molecule has 3 heterocycles. The molecule has 0 atom stereocenters. The molecule has 23 heavy (non-hydrogen) atoms. The lowest BCUT2D eigenvalue weighted by Gasteiger charge is -1.96. The molecule has 1 aromatic carbocycles. The average Bonchev–Trinajstić information content (AvgIpc) is 3.29. The highest BCUT2D eigenvalue weighted by atomic mass is 35.5. The predicted molar refractivity (Wildman–Crippen MR) is 93.0 cm³/mol. The van der Waals surface area contributed by atoms with Gasteiger partial charge < -0.3 is 4.52 Å². The van der Waals surface area contributed by atoms with Crippen LogP contribution in [0, 0.1) is 0 Å². The molecule has 0 aliphatic heterocycles. The second-order valence-electron chi connectivity index (χ2n) is 4.80. The van der Waals surface area contributed by atoms with Gasteiger partial charge in [-0.2, -0.15) is 4.98 Å². The van der Waals surface area contributed by atoms with Crippen molar-refractivity contribution in [1.29, 1.82) is 0 Å². The van der Waals surface area contributed by atoms with Crippen LogP contribution in [0.5, 0.6) is 0 Å². The van der Waals surface area contributed by atoms with Crippen molar-refractivity contribution in [2.24, 2.45) is 0 Å². The molecule has 0 fully saturated rings. The fraction of sp³-hybridized carbons (Fsp3) is 0.0625. The van der Waals surface area contributed by atoms with Crippen LogP contribution in [0.2, 0.25) is 5.02 Å². The largest absolute Gasteiger partial charge is 0.338 e. The molecule has 0 saturated carbocycles. The quantitative estimate of drug-likeness (QED) is 0.504. The number of hydrogen-bond donors (Lipinski definition) is 0. The molecule has 4 aromatic rings. The molecule has 0 N–H and O–H groups in total. The molecule has 4 rings (SSSR count). The Morgan fingerprint density at radius 2 is 1.91 bits per heavy atom. The van der Waals surface area contributed by atoms with E-state index in [1.807, 2.05) is 47.2 Å². The van der Waals surface area contributed by atoms with Gasteiger partial charge in [0.15, 0.2) is 0 Å². The average molecular weight is 360 g/mol. The lowest BCUT2D eigenvalue weighted by atomic mass is 10.2. The topological polar surface area (TPSA) is 51.8 Å².